The molecule has 278 valence electrons. The molecule has 1 unspecified atom stereocenters. The lowest BCUT2D eigenvalue weighted by atomic mass is 9.68. The van der Waals surface area contributed by atoms with Crippen LogP contribution in [0.2, 0.25) is 0 Å². The molecule has 1 nitrogen and oxygen atoms in total. The number of rotatable bonds is 6. The summed E-state index contributed by atoms with van der Waals surface area (Å²) in [6.45, 7) is 2.40. The van der Waals surface area contributed by atoms with E-state index in [-0.39, 0.29) is 5.41 Å². The standard InChI is InChI=1S/C57H39NS/c1-56(38-18-5-2-6-19-38)48-27-14-11-24-43(48)46-36-41(32-34-49(46)56)58(52-29-17-31-54-55(52)45-26-13-16-30-53(45)59-54)42-33-35-51-47(37-42)44-25-12-15-28-50(44)57(51,39-20-7-3-8-21-39)40-22-9-4-10-23-40/h2-37H,1H3. The minimum absolute atomic E-state index is 0.268. The fourth-order valence-corrected chi connectivity index (χ4v) is 11.8. The van der Waals surface area contributed by atoms with Gasteiger partial charge in [0, 0.05) is 37.0 Å². The molecule has 0 bridgehead atoms. The van der Waals surface area contributed by atoms with E-state index < -0.39 is 5.41 Å². The van der Waals surface area contributed by atoms with Crippen LogP contribution in [0.4, 0.5) is 17.1 Å². The predicted octanol–water partition coefficient (Wildman–Crippen LogP) is 15.2. The molecule has 0 aliphatic heterocycles. The van der Waals surface area contributed by atoms with Gasteiger partial charge in [-0.2, -0.15) is 0 Å². The van der Waals surface area contributed by atoms with Crippen LogP contribution in [0.3, 0.4) is 0 Å². The van der Waals surface area contributed by atoms with Crippen molar-refractivity contribution >= 4 is 48.6 Å². The van der Waals surface area contributed by atoms with Crippen molar-refractivity contribution in [2.75, 3.05) is 4.90 Å². The Morgan fingerprint density at radius 1 is 0.373 bits per heavy atom. The van der Waals surface area contributed by atoms with Crippen molar-refractivity contribution in [1.82, 2.24) is 0 Å². The van der Waals surface area contributed by atoms with E-state index in [1.807, 2.05) is 11.3 Å². The molecule has 2 aliphatic rings. The van der Waals surface area contributed by atoms with Gasteiger partial charge in [-0.1, -0.05) is 176 Å². The summed E-state index contributed by atoms with van der Waals surface area (Å²) < 4.78 is 2.59. The van der Waals surface area contributed by atoms with Crippen molar-refractivity contribution in [3.8, 4) is 22.3 Å². The smallest absolute Gasteiger partial charge is 0.0713 e. The summed E-state index contributed by atoms with van der Waals surface area (Å²) in [6.07, 6.45) is 0. The highest BCUT2D eigenvalue weighted by Crippen LogP contribution is 2.58. The van der Waals surface area contributed by atoms with Gasteiger partial charge in [-0.3, -0.25) is 0 Å². The Morgan fingerprint density at radius 2 is 0.847 bits per heavy atom. The molecule has 0 radical (unpaired) electrons. The average Bonchev–Trinajstić information content (AvgIpc) is 3.92. The van der Waals surface area contributed by atoms with Gasteiger partial charge in [-0.25, -0.2) is 0 Å². The molecule has 1 aromatic heterocycles. The molecule has 10 aromatic rings. The zero-order chi connectivity index (χ0) is 39.1. The van der Waals surface area contributed by atoms with Crippen molar-refractivity contribution in [3.05, 3.63) is 257 Å². The normalized spacial score (nSPS) is 15.7. The molecule has 0 amide bonds. The second-order valence-corrected chi connectivity index (χ2v) is 17.2. The molecule has 0 saturated heterocycles. The Labute approximate surface area is 349 Å². The molecule has 1 atom stereocenters. The monoisotopic (exact) mass is 769 g/mol. The topological polar surface area (TPSA) is 3.24 Å². The van der Waals surface area contributed by atoms with Crippen molar-refractivity contribution < 1.29 is 0 Å². The van der Waals surface area contributed by atoms with E-state index in [0.29, 0.717) is 0 Å². The van der Waals surface area contributed by atoms with E-state index in [1.165, 1.54) is 87.1 Å². The zero-order valence-corrected chi connectivity index (χ0v) is 33.5. The van der Waals surface area contributed by atoms with Gasteiger partial charge in [-0.15, -0.1) is 11.3 Å². The Bertz CT molecular complexity index is 3200. The fourth-order valence-electron chi connectivity index (χ4n) is 10.7. The van der Waals surface area contributed by atoms with Gasteiger partial charge in [0.1, 0.15) is 0 Å². The molecule has 9 aromatic carbocycles. The molecule has 59 heavy (non-hydrogen) atoms. The third kappa shape index (κ3) is 4.78. The average molecular weight is 770 g/mol. The number of hydrogen-bond donors (Lipinski definition) is 0. The largest absolute Gasteiger partial charge is 0.310 e. The van der Waals surface area contributed by atoms with Crippen LogP contribution in [-0.2, 0) is 10.8 Å². The number of thiophene rings is 1. The number of benzene rings is 9. The predicted molar refractivity (Wildman–Crippen MR) is 249 cm³/mol. The molecule has 2 heteroatoms. The lowest BCUT2D eigenvalue weighted by Gasteiger charge is -2.34. The molecule has 0 N–H and O–H groups in total. The van der Waals surface area contributed by atoms with Gasteiger partial charge in [0.25, 0.3) is 0 Å². The third-order valence-corrected chi connectivity index (χ3v) is 14.4. The summed E-state index contributed by atoms with van der Waals surface area (Å²) in [5.74, 6) is 0. The lowest BCUT2D eigenvalue weighted by Crippen LogP contribution is -2.28. The number of anilines is 3. The quantitative estimate of drug-likeness (QED) is 0.163. The zero-order valence-electron chi connectivity index (χ0n) is 32.6. The molecule has 1 heterocycles. The first kappa shape index (κ1) is 34.1. The van der Waals surface area contributed by atoms with Crippen LogP contribution in [0.15, 0.2) is 218 Å². The summed E-state index contributed by atoms with van der Waals surface area (Å²) in [5.41, 5.74) is 17.0. The van der Waals surface area contributed by atoms with Gasteiger partial charge < -0.3 is 4.90 Å². The van der Waals surface area contributed by atoms with Crippen LogP contribution in [-0.4, -0.2) is 0 Å². The van der Waals surface area contributed by atoms with Crippen LogP contribution in [0.1, 0.15) is 45.9 Å². The van der Waals surface area contributed by atoms with Crippen molar-refractivity contribution in [1.29, 1.82) is 0 Å². The first-order valence-corrected chi connectivity index (χ1v) is 21.3. The van der Waals surface area contributed by atoms with Gasteiger partial charge in [0.15, 0.2) is 0 Å². The van der Waals surface area contributed by atoms with E-state index in [9.17, 15) is 0 Å². The van der Waals surface area contributed by atoms with Crippen molar-refractivity contribution in [3.63, 3.8) is 0 Å². The second-order valence-electron chi connectivity index (χ2n) is 16.1. The number of nitrogens with zero attached hydrogens (tertiary/aromatic N) is 1. The van der Waals surface area contributed by atoms with E-state index in [4.69, 9.17) is 0 Å². The Morgan fingerprint density at radius 3 is 1.53 bits per heavy atom. The summed E-state index contributed by atoms with van der Waals surface area (Å²) in [5, 5.41) is 2.57. The SMILES string of the molecule is CC1(c2ccccc2)c2ccccc2-c2cc(N(c3ccc4c(c3)-c3ccccc3C4(c3ccccc3)c3ccccc3)c3cccc4sc5ccccc5c34)ccc21. The maximum Gasteiger partial charge on any atom is 0.0713 e. The van der Waals surface area contributed by atoms with Gasteiger partial charge >= 0.3 is 0 Å². The van der Waals surface area contributed by atoms with Crippen LogP contribution in [0.25, 0.3) is 42.4 Å². The van der Waals surface area contributed by atoms with Crippen LogP contribution >= 0.6 is 11.3 Å². The first-order valence-electron chi connectivity index (χ1n) is 20.5. The molecule has 0 saturated carbocycles. The maximum absolute atomic E-state index is 2.52. The highest BCUT2D eigenvalue weighted by molar-refractivity contribution is 7.26. The maximum atomic E-state index is 2.52. The summed E-state index contributed by atoms with van der Waals surface area (Å²) in [6, 6.07) is 81.4. The molecule has 12 rings (SSSR count). The Kier molecular flexibility index (Phi) is 7.51. The van der Waals surface area contributed by atoms with Crippen molar-refractivity contribution in [2.45, 2.75) is 17.8 Å². The van der Waals surface area contributed by atoms with E-state index in [2.05, 4.69) is 230 Å². The van der Waals surface area contributed by atoms with E-state index in [0.717, 1.165) is 11.4 Å². The van der Waals surface area contributed by atoms with Crippen molar-refractivity contribution in [2.24, 2.45) is 0 Å². The lowest BCUT2D eigenvalue weighted by molar-refractivity contribution is 0.714. The minimum Gasteiger partial charge on any atom is -0.310 e. The van der Waals surface area contributed by atoms with Crippen LogP contribution < -0.4 is 4.90 Å². The fraction of sp³-hybridized carbons (Fsp3) is 0.0526. The number of fused-ring (bicyclic) bond motifs is 9. The Balaban J connectivity index is 1.13. The van der Waals surface area contributed by atoms with E-state index >= 15 is 0 Å². The molecular formula is C57H39NS. The van der Waals surface area contributed by atoms with Crippen LogP contribution in [0.5, 0.6) is 0 Å². The van der Waals surface area contributed by atoms with Crippen LogP contribution in [0, 0.1) is 0 Å². The van der Waals surface area contributed by atoms with Gasteiger partial charge in [0.2, 0.25) is 0 Å². The summed E-state index contributed by atoms with van der Waals surface area (Å²) in [7, 11) is 0. The first-order chi connectivity index (χ1) is 29.2. The molecule has 0 spiro atoms. The summed E-state index contributed by atoms with van der Waals surface area (Å²) in [4.78, 5) is 2.52. The van der Waals surface area contributed by atoms with Gasteiger partial charge in [0.05, 0.1) is 11.1 Å². The Hall–Kier alpha value is -7.00. The van der Waals surface area contributed by atoms with Gasteiger partial charge in [-0.05, 0) is 111 Å². The molecule has 2 aliphatic carbocycles. The number of hydrogen-bond acceptors (Lipinski definition) is 2. The highest BCUT2D eigenvalue weighted by atomic mass is 32.1. The molecular weight excluding hydrogens is 731 g/mol. The molecule has 0 fully saturated rings. The third-order valence-electron chi connectivity index (χ3n) is 13.2. The summed E-state index contributed by atoms with van der Waals surface area (Å²) >= 11 is 1.87. The van der Waals surface area contributed by atoms with E-state index in [1.54, 1.807) is 0 Å². The highest BCUT2D eigenvalue weighted by Gasteiger charge is 2.46. The minimum atomic E-state index is -0.458. The second kappa shape index (κ2) is 13.0.